The number of carbonyl (C=O) groups excluding carboxylic acids is 1. The van der Waals surface area contributed by atoms with Gasteiger partial charge in [-0.1, -0.05) is 97.9 Å². The second-order valence-corrected chi connectivity index (χ2v) is 13.8. The van der Waals surface area contributed by atoms with Crippen LogP contribution in [0.1, 0.15) is 70.5 Å². The molecule has 1 heterocycles. The van der Waals surface area contributed by atoms with E-state index in [1.165, 1.54) is 0 Å². The molecule has 288 valence electrons. The summed E-state index contributed by atoms with van der Waals surface area (Å²) in [5, 5.41) is 23.0. The highest BCUT2D eigenvalue weighted by Gasteiger charge is 2.40. The molecule has 6 rings (SSSR count). The lowest BCUT2D eigenvalue weighted by Crippen LogP contribution is -2.46. The summed E-state index contributed by atoms with van der Waals surface area (Å²) in [7, 11) is 1.95. The van der Waals surface area contributed by atoms with Crippen molar-refractivity contribution in [3.63, 3.8) is 0 Å². The molecular weight excluding hydrogens is 719 g/mol. The Bertz CT molecular complexity index is 2090. The van der Waals surface area contributed by atoms with Gasteiger partial charge in [0.2, 0.25) is 5.82 Å². The molecule has 0 spiro atoms. The van der Waals surface area contributed by atoms with E-state index in [0.29, 0.717) is 17.7 Å². The maximum absolute atomic E-state index is 14.2. The van der Waals surface area contributed by atoms with E-state index < -0.39 is 53.0 Å². The third kappa shape index (κ3) is 8.64. The highest BCUT2D eigenvalue weighted by atomic mass is 19.2. The van der Waals surface area contributed by atoms with Crippen LogP contribution in [0, 0.1) is 35.0 Å². The number of hydrogen-bond donors (Lipinski definition) is 3. The second kappa shape index (κ2) is 17.2. The first-order chi connectivity index (χ1) is 26.4. The lowest BCUT2D eigenvalue weighted by atomic mass is 9.89. The maximum Gasteiger partial charge on any atom is 0.257 e. The van der Waals surface area contributed by atoms with Crippen LogP contribution in [0.25, 0.3) is 11.1 Å². The highest BCUT2D eigenvalue weighted by Crippen LogP contribution is 2.43. The van der Waals surface area contributed by atoms with Crippen molar-refractivity contribution in [1.29, 1.82) is 0 Å². The Morgan fingerprint density at radius 1 is 0.764 bits per heavy atom. The number of hydrogen-bond acceptors (Lipinski definition) is 6. The minimum Gasteiger partial charge on any atom is -0.392 e. The number of halogens is 5. The predicted molar refractivity (Wildman–Crippen MR) is 196 cm³/mol. The molecule has 6 atom stereocenters. The minimum atomic E-state index is -2.34. The van der Waals surface area contributed by atoms with Crippen LogP contribution in [0.3, 0.4) is 0 Å². The van der Waals surface area contributed by atoms with Crippen LogP contribution in [0.4, 0.5) is 22.0 Å². The summed E-state index contributed by atoms with van der Waals surface area (Å²) in [5.74, 6) is -12.7. The lowest BCUT2D eigenvalue weighted by Gasteiger charge is -2.43. The van der Waals surface area contributed by atoms with Crippen LogP contribution < -0.4 is 5.32 Å². The van der Waals surface area contributed by atoms with E-state index in [4.69, 9.17) is 9.47 Å². The molecule has 0 radical (unpaired) electrons. The summed E-state index contributed by atoms with van der Waals surface area (Å²) in [4.78, 5) is 14.6. The van der Waals surface area contributed by atoms with Gasteiger partial charge in [0.05, 0.1) is 24.9 Å². The number of aliphatic hydroxyl groups excluding tert-OH is 2. The van der Waals surface area contributed by atoms with Gasteiger partial charge in [0.1, 0.15) is 5.56 Å². The van der Waals surface area contributed by atoms with Gasteiger partial charge in [-0.05, 0) is 59.5 Å². The Hall–Kier alpha value is -4.98. The van der Waals surface area contributed by atoms with E-state index in [2.05, 4.69) is 17.1 Å². The zero-order valence-electron chi connectivity index (χ0n) is 30.4. The summed E-state index contributed by atoms with van der Waals surface area (Å²) < 4.78 is 82.7. The van der Waals surface area contributed by atoms with Gasteiger partial charge in [-0.15, -0.1) is 0 Å². The van der Waals surface area contributed by atoms with E-state index in [9.17, 15) is 37.0 Å². The summed E-state index contributed by atoms with van der Waals surface area (Å²) in [6, 6.07) is 31.2. The molecule has 0 aliphatic carbocycles. The van der Waals surface area contributed by atoms with Gasteiger partial charge in [-0.25, -0.2) is 22.0 Å². The first-order valence-electron chi connectivity index (χ1n) is 17.8. The average Bonchev–Trinajstić information content (AvgIpc) is 3.22. The number of carbonyl (C=O) groups is 1. The van der Waals surface area contributed by atoms with E-state index in [0.717, 1.165) is 27.8 Å². The standard InChI is InChI=1S/C43H41F5N2O5/c1-24-33(22-50(3)25(2)40(52)28-10-5-4-6-11-28)54-43(55-41(24)29-17-15-26(23-51)16-18-29)32-14-8-13-31(20-32)30-12-7-9-27(19-30)21-49-42(53)34-35(44)37(46)39(48)38(47)36(34)45/h4-20,24-25,33,40-41,43,51-52H,21-23H2,1-3H3,(H,49,53)/t24-,25+,33+,40+,41+,43+/m1/s1. The molecule has 1 amide bonds. The topological polar surface area (TPSA) is 91.3 Å². The normalized spacial score (nSPS) is 19.6. The second-order valence-electron chi connectivity index (χ2n) is 13.8. The first kappa shape index (κ1) is 39.7. The van der Waals surface area contributed by atoms with Crippen molar-refractivity contribution in [2.45, 2.75) is 57.6 Å². The molecule has 1 aliphatic rings. The minimum absolute atomic E-state index is 0.0895. The predicted octanol–water partition coefficient (Wildman–Crippen LogP) is 8.32. The van der Waals surface area contributed by atoms with Crippen molar-refractivity contribution in [3.8, 4) is 11.1 Å². The van der Waals surface area contributed by atoms with Crippen LogP contribution in [-0.2, 0) is 22.6 Å². The Morgan fingerprint density at radius 3 is 2.04 bits per heavy atom. The first-order valence-corrected chi connectivity index (χ1v) is 17.8. The molecule has 5 aromatic carbocycles. The number of nitrogens with zero attached hydrogens (tertiary/aromatic N) is 1. The van der Waals surface area contributed by atoms with E-state index in [1.807, 2.05) is 98.9 Å². The van der Waals surface area contributed by atoms with E-state index in [-0.39, 0.29) is 37.3 Å². The monoisotopic (exact) mass is 760 g/mol. The van der Waals surface area contributed by atoms with Gasteiger partial charge in [0.25, 0.3) is 5.91 Å². The molecule has 7 nitrogen and oxygen atoms in total. The number of ether oxygens (including phenoxy) is 2. The Balaban J connectivity index is 1.23. The van der Waals surface area contributed by atoms with Crippen molar-refractivity contribution in [1.82, 2.24) is 10.2 Å². The van der Waals surface area contributed by atoms with Crippen molar-refractivity contribution in [3.05, 3.63) is 166 Å². The summed E-state index contributed by atoms with van der Waals surface area (Å²) in [6.45, 7) is 4.15. The molecule has 5 aromatic rings. The molecule has 1 saturated heterocycles. The quantitative estimate of drug-likeness (QED) is 0.0674. The fourth-order valence-electron chi connectivity index (χ4n) is 6.75. The van der Waals surface area contributed by atoms with Gasteiger partial charge in [0.15, 0.2) is 29.6 Å². The van der Waals surface area contributed by atoms with Crippen LogP contribution >= 0.6 is 0 Å². The molecule has 55 heavy (non-hydrogen) atoms. The molecule has 0 aromatic heterocycles. The third-order valence-electron chi connectivity index (χ3n) is 10.2. The Kier molecular flexibility index (Phi) is 12.4. The molecular formula is C43H41F5N2O5. The van der Waals surface area contributed by atoms with Crippen molar-refractivity contribution < 1.29 is 46.4 Å². The summed E-state index contributed by atoms with van der Waals surface area (Å²) >= 11 is 0. The SMILES string of the molecule is C[C@@H]1[C@H](CN(C)[C@@H](C)[C@H](O)c2ccccc2)O[C@H](c2cccc(-c3cccc(CNC(=O)c4c(F)c(F)c(F)c(F)c4F)c3)c2)O[C@@H]1c1ccc(CO)cc1. The van der Waals surface area contributed by atoms with Crippen LogP contribution in [0.5, 0.6) is 0 Å². The average molecular weight is 761 g/mol. The van der Waals surface area contributed by atoms with Gasteiger partial charge in [-0.2, -0.15) is 0 Å². The number of rotatable bonds is 12. The number of benzene rings is 5. The zero-order chi connectivity index (χ0) is 39.4. The largest absolute Gasteiger partial charge is 0.392 e. The smallest absolute Gasteiger partial charge is 0.257 e. The van der Waals surface area contributed by atoms with Crippen LogP contribution in [0.15, 0.2) is 103 Å². The number of likely N-dealkylation sites (N-methyl/N-ethyl adjacent to an activating group) is 1. The van der Waals surface area contributed by atoms with Crippen LogP contribution in [-0.4, -0.2) is 46.8 Å². The summed E-state index contributed by atoms with van der Waals surface area (Å²) in [5.41, 5.74) is 3.63. The molecule has 12 heteroatoms. The molecule has 1 fully saturated rings. The summed E-state index contributed by atoms with van der Waals surface area (Å²) in [6.07, 6.45) is -2.23. The fourth-order valence-corrected chi connectivity index (χ4v) is 6.75. The van der Waals surface area contributed by atoms with E-state index in [1.54, 1.807) is 18.2 Å². The van der Waals surface area contributed by atoms with Gasteiger partial charge < -0.3 is 25.0 Å². The van der Waals surface area contributed by atoms with Crippen molar-refractivity contribution in [2.24, 2.45) is 5.92 Å². The van der Waals surface area contributed by atoms with Crippen molar-refractivity contribution >= 4 is 5.91 Å². The van der Waals surface area contributed by atoms with Gasteiger partial charge in [-0.3, -0.25) is 9.69 Å². The number of aliphatic hydroxyl groups is 2. The third-order valence-corrected chi connectivity index (χ3v) is 10.2. The van der Waals surface area contributed by atoms with Gasteiger partial charge in [0, 0.05) is 30.6 Å². The van der Waals surface area contributed by atoms with Gasteiger partial charge >= 0.3 is 0 Å². The molecule has 0 bridgehead atoms. The maximum atomic E-state index is 14.2. The number of amides is 1. The van der Waals surface area contributed by atoms with E-state index >= 15 is 0 Å². The fraction of sp³-hybridized carbons (Fsp3) is 0.279. The van der Waals surface area contributed by atoms with Crippen LogP contribution in [0.2, 0.25) is 0 Å². The lowest BCUT2D eigenvalue weighted by molar-refractivity contribution is -0.276. The molecule has 1 aliphatic heterocycles. The Labute approximate surface area is 316 Å². The zero-order valence-corrected chi connectivity index (χ0v) is 30.4. The molecule has 3 N–H and O–H groups in total. The molecule has 0 saturated carbocycles. The molecule has 0 unspecified atom stereocenters. The highest BCUT2D eigenvalue weighted by molar-refractivity contribution is 5.94. The Morgan fingerprint density at radius 2 is 1.38 bits per heavy atom. The van der Waals surface area contributed by atoms with Crippen molar-refractivity contribution in [2.75, 3.05) is 13.6 Å². The number of nitrogens with one attached hydrogen (secondary N) is 1.